The summed E-state index contributed by atoms with van der Waals surface area (Å²) in [4.78, 5) is 0. The van der Waals surface area contributed by atoms with Crippen molar-refractivity contribution in [3.05, 3.63) is 63.1 Å². The van der Waals surface area contributed by atoms with Crippen LogP contribution in [0.25, 0.3) is 0 Å². The van der Waals surface area contributed by atoms with Crippen molar-refractivity contribution < 1.29 is 4.74 Å². The van der Waals surface area contributed by atoms with Gasteiger partial charge in [-0.05, 0) is 42.3 Å². The average molecular weight is 369 g/mol. The summed E-state index contributed by atoms with van der Waals surface area (Å²) in [5.74, 6) is 0.900. The Balaban J connectivity index is 2.10. The first-order chi connectivity index (χ1) is 10.1. The molecule has 2 aromatic carbocycles. The minimum Gasteiger partial charge on any atom is -0.496 e. The predicted octanol–water partition coefficient (Wildman–Crippen LogP) is 5.35. The Kier molecular flexibility index (Phi) is 6.09. The molecule has 2 nitrogen and oxygen atoms in total. The summed E-state index contributed by atoms with van der Waals surface area (Å²) >= 11 is 9.45. The van der Waals surface area contributed by atoms with Crippen molar-refractivity contribution >= 4 is 27.5 Å². The van der Waals surface area contributed by atoms with Gasteiger partial charge in [0.25, 0.3) is 0 Å². The van der Waals surface area contributed by atoms with Crippen molar-refractivity contribution in [2.45, 2.75) is 25.9 Å². The van der Waals surface area contributed by atoms with Crippen LogP contribution in [0.2, 0.25) is 5.02 Å². The number of nitrogens with one attached hydrogen (secondary N) is 1. The molecule has 0 amide bonds. The minimum absolute atomic E-state index is 0.297. The van der Waals surface area contributed by atoms with Crippen LogP contribution in [-0.2, 0) is 6.54 Å². The standard InChI is InChI=1S/C17H19BrClNO/c1-3-16(12-4-7-15(19)8-5-12)20-11-13-10-14(18)6-9-17(13)21-2/h4-10,16,20H,3,11H2,1-2H3. The van der Waals surface area contributed by atoms with E-state index in [9.17, 15) is 0 Å². The molecule has 2 rings (SSSR count). The fourth-order valence-electron chi connectivity index (χ4n) is 2.31. The van der Waals surface area contributed by atoms with E-state index in [1.54, 1.807) is 7.11 Å². The number of benzene rings is 2. The van der Waals surface area contributed by atoms with Gasteiger partial charge in [0.15, 0.2) is 0 Å². The minimum atomic E-state index is 0.297. The maximum atomic E-state index is 5.95. The summed E-state index contributed by atoms with van der Waals surface area (Å²) in [7, 11) is 1.70. The summed E-state index contributed by atoms with van der Waals surface area (Å²) < 4.78 is 6.46. The fourth-order valence-corrected chi connectivity index (χ4v) is 2.85. The van der Waals surface area contributed by atoms with E-state index < -0.39 is 0 Å². The van der Waals surface area contributed by atoms with Crippen molar-refractivity contribution in [2.24, 2.45) is 0 Å². The van der Waals surface area contributed by atoms with Crippen molar-refractivity contribution in [3.63, 3.8) is 0 Å². The molecule has 1 unspecified atom stereocenters. The Morgan fingerprint density at radius 3 is 2.52 bits per heavy atom. The summed E-state index contributed by atoms with van der Waals surface area (Å²) in [5, 5.41) is 4.35. The van der Waals surface area contributed by atoms with Gasteiger partial charge in [-0.15, -0.1) is 0 Å². The zero-order valence-electron chi connectivity index (χ0n) is 12.2. The van der Waals surface area contributed by atoms with Gasteiger partial charge in [0.2, 0.25) is 0 Å². The number of hydrogen-bond acceptors (Lipinski definition) is 2. The molecule has 1 atom stereocenters. The molecule has 112 valence electrons. The monoisotopic (exact) mass is 367 g/mol. The molecule has 0 aromatic heterocycles. The van der Waals surface area contributed by atoms with E-state index in [-0.39, 0.29) is 0 Å². The van der Waals surface area contributed by atoms with Gasteiger partial charge in [-0.3, -0.25) is 0 Å². The van der Waals surface area contributed by atoms with E-state index in [4.69, 9.17) is 16.3 Å². The van der Waals surface area contributed by atoms with E-state index in [0.29, 0.717) is 6.04 Å². The fraction of sp³-hybridized carbons (Fsp3) is 0.294. The third-order valence-electron chi connectivity index (χ3n) is 3.46. The van der Waals surface area contributed by atoms with Crippen molar-refractivity contribution in [1.82, 2.24) is 5.32 Å². The van der Waals surface area contributed by atoms with E-state index in [1.807, 2.05) is 24.3 Å². The molecule has 0 aliphatic rings. The van der Waals surface area contributed by atoms with Crippen LogP contribution in [0.3, 0.4) is 0 Å². The molecule has 1 N–H and O–H groups in total. The summed E-state index contributed by atoms with van der Waals surface area (Å²) in [6.07, 6.45) is 1.01. The lowest BCUT2D eigenvalue weighted by atomic mass is 10.0. The first-order valence-electron chi connectivity index (χ1n) is 6.95. The van der Waals surface area contributed by atoms with Crippen LogP contribution in [0.4, 0.5) is 0 Å². The number of halogens is 2. The summed E-state index contributed by atoms with van der Waals surface area (Å²) in [6, 6.07) is 14.3. The highest BCUT2D eigenvalue weighted by molar-refractivity contribution is 9.10. The first kappa shape index (κ1) is 16.3. The highest BCUT2D eigenvalue weighted by Crippen LogP contribution is 2.25. The van der Waals surface area contributed by atoms with Crippen molar-refractivity contribution in [2.75, 3.05) is 7.11 Å². The summed E-state index contributed by atoms with van der Waals surface area (Å²) in [6.45, 7) is 2.92. The molecule has 0 saturated heterocycles. The van der Waals surface area contributed by atoms with Crippen molar-refractivity contribution in [1.29, 1.82) is 0 Å². The largest absolute Gasteiger partial charge is 0.496 e. The number of methoxy groups -OCH3 is 1. The Bertz CT molecular complexity index is 586. The van der Waals surface area contributed by atoms with Gasteiger partial charge >= 0.3 is 0 Å². The zero-order chi connectivity index (χ0) is 15.2. The maximum Gasteiger partial charge on any atom is 0.123 e. The summed E-state index contributed by atoms with van der Waals surface area (Å²) in [5.41, 5.74) is 2.38. The molecule has 0 spiro atoms. The molecule has 0 fully saturated rings. The highest BCUT2D eigenvalue weighted by Gasteiger charge is 2.10. The second-order valence-electron chi connectivity index (χ2n) is 4.85. The first-order valence-corrected chi connectivity index (χ1v) is 8.12. The van der Waals surface area contributed by atoms with E-state index in [1.165, 1.54) is 5.56 Å². The van der Waals surface area contributed by atoms with E-state index in [2.05, 4.69) is 46.4 Å². The van der Waals surface area contributed by atoms with Crippen LogP contribution >= 0.6 is 27.5 Å². The van der Waals surface area contributed by atoms with Crippen LogP contribution in [0.1, 0.15) is 30.5 Å². The van der Waals surface area contributed by atoms with Crippen LogP contribution in [0, 0.1) is 0 Å². The third kappa shape index (κ3) is 4.47. The molecule has 0 aliphatic heterocycles. The van der Waals surface area contributed by atoms with Gasteiger partial charge in [0, 0.05) is 27.6 Å². The molecule has 21 heavy (non-hydrogen) atoms. The predicted molar refractivity (Wildman–Crippen MR) is 92.0 cm³/mol. The number of hydrogen-bond donors (Lipinski definition) is 1. The molecule has 0 heterocycles. The third-order valence-corrected chi connectivity index (χ3v) is 4.21. The maximum absolute atomic E-state index is 5.95. The molecule has 0 aliphatic carbocycles. The normalized spacial score (nSPS) is 12.2. The van der Waals surface area contributed by atoms with Gasteiger partial charge < -0.3 is 10.1 Å². The Hall–Kier alpha value is -1.03. The molecular weight excluding hydrogens is 350 g/mol. The van der Waals surface area contributed by atoms with E-state index in [0.717, 1.165) is 33.8 Å². The number of rotatable bonds is 6. The Morgan fingerprint density at radius 1 is 1.19 bits per heavy atom. The second kappa shape index (κ2) is 7.83. The van der Waals surface area contributed by atoms with Gasteiger partial charge in [0.05, 0.1) is 7.11 Å². The molecule has 4 heteroatoms. The lowest BCUT2D eigenvalue weighted by Crippen LogP contribution is -2.20. The lowest BCUT2D eigenvalue weighted by molar-refractivity contribution is 0.404. The second-order valence-corrected chi connectivity index (χ2v) is 6.20. The van der Waals surface area contributed by atoms with Gasteiger partial charge in [-0.2, -0.15) is 0 Å². The molecule has 0 radical (unpaired) electrons. The van der Waals surface area contributed by atoms with Crippen molar-refractivity contribution in [3.8, 4) is 5.75 Å². The average Bonchev–Trinajstić information content (AvgIpc) is 2.50. The topological polar surface area (TPSA) is 21.3 Å². The van der Waals surface area contributed by atoms with Gasteiger partial charge in [-0.25, -0.2) is 0 Å². The Morgan fingerprint density at radius 2 is 1.90 bits per heavy atom. The molecule has 2 aromatic rings. The SMILES string of the molecule is CCC(NCc1cc(Br)ccc1OC)c1ccc(Cl)cc1. The van der Waals surface area contributed by atoms with Crippen LogP contribution in [-0.4, -0.2) is 7.11 Å². The van der Waals surface area contributed by atoms with Crippen LogP contribution in [0.5, 0.6) is 5.75 Å². The van der Waals surface area contributed by atoms with Crippen LogP contribution < -0.4 is 10.1 Å². The number of ether oxygens (including phenoxy) is 1. The molecule has 0 bridgehead atoms. The van der Waals surface area contributed by atoms with Gasteiger partial charge in [0.1, 0.15) is 5.75 Å². The van der Waals surface area contributed by atoms with Crippen LogP contribution in [0.15, 0.2) is 46.9 Å². The highest BCUT2D eigenvalue weighted by atomic mass is 79.9. The Labute approximate surface area is 139 Å². The molecule has 0 saturated carbocycles. The quantitative estimate of drug-likeness (QED) is 0.742. The lowest BCUT2D eigenvalue weighted by Gasteiger charge is -2.19. The zero-order valence-corrected chi connectivity index (χ0v) is 14.5. The smallest absolute Gasteiger partial charge is 0.123 e. The van der Waals surface area contributed by atoms with E-state index >= 15 is 0 Å². The molecular formula is C17H19BrClNO. The van der Waals surface area contributed by atoms with Gasteiger partial charge in [-0.1, -0.05) is 46.6 Å².